The van der Waals surface area contributed by atoms with Crippen molar-refractivity contribution in [2.45, 2.75) is 38.3 Å². The number of hydrogen-bond acceptors (Lipinski definition) is 10. The number of benzene rings is 1. The van der Waals surface area contributed by atoms with Crippen molar-refractivity contribution in [3.05, 3.63) is 53.9 Å². The maximum atomic E-state index is 12.4. The maximum absolute atomic E-state index is 12.4. The molecule has 7 rings (SSSR count). The molecule has 1 amide bonds. The first-order valence-corrected chi connectivity index (χ1v) is 15.5. The van der Waals surface area contributed by atoms with Crippen LogP contribution in [0.4, 0.5) is 17.6 Å². The van der Waals surface area contributed by atoms with Gasteiger partial charge in [0.2, 0.25) is 5.95 Å². The Kier molecular flexibility index (Phi) is 7.25. The Morgan fingerprint density at radius 2 is 1.93 bits per heavy atom. The largest absolute Gasteiger partial charge is 0.381 e. The Morgan fingerprint density at radius 1 is 1.07 bits per heavy atom. The normalized spacial score (nSPS) is 20.9. The first-order valence-electron chi connectivity index (χ1n) is 14.7. The Morgan fingerprint density at radius 3 is 2.71 bits per heavy atom. The molecular formula is C31H36N8O2S. The van der Waals surface area contributed by atoms with E-state index < -0.39 is 0 Å². The van der Waals surface area contributed by atoms with Gasteiger partial charge < -0.3 is 19.9 Å². The van der Waals surface area contributed by atoms with E-state index in [1.807, 2.05) is 49.5 Å². The Balaban J connectivity index is 1.06. The second-order valence-electron chi connectivity index (χ2n) is 11.9. The molecule has 2 atom stereocenters. The number of rotatable bonds is 7. The molecule has 0 spiro atoms. The van der Waals surface area contributed by atoms with Crippen LogP contribution in [0.15, 0.2) is 42.6 Å². The van der Waals surface area contributed by atoms with E-state index in [-0.39, 0.29) is 5.91 Å². The van der Waals surface area contributed by atoms with E-state index in [1.54, 1.807) is 30.3 Å². The molecule has 42 heavy (non-hydrogen) atoms. The molecule has 3 fully saturated rings. The number of aryl methyl sites for hydroxylation is 1. The highest BCUT2D eigenvalue weighted by atomic mass is 32.1. The van der Waals surface area contributed by atoms with Crippen LogP contribution in [0.5, 0.6) is 0 Å². The third-order valence-corrected chi connectivity index (χ3v) is 9.64. The number of carbonyl (C=O) groups excluding carboxylic acids is 1. The van der Waals surface area contributed by atoms with Gasteiger partial charge in [-0.1, -0.05) is 12.1 Å². The highest BCUT2D eigenvalue weighted by Crippen LogP contribution is 2.36. The van der Waals surface area contributed by atoms with Gasteiger partial charge in [-0.2, -0.15) is 4.98 Å². The highest BCUT2D eigenvalue weighted by molar-refractivity contribution is 7.21. The smallest absolute Gasteiger partial charge is 0.253 e. The number of ether oxygens (including phenoxy) is 1. The second-order valence-corrected chi connectivity index (χ2v) is 12.9. The lowest BCUT2D eigenvalue weighted by Gasteiger charge is -2.37. The molecule has 3 aromatic heterocycles. The van der Waals surface area contributed by atoms with Gasteiger partial charge in [0, 0.05) is 94.2 Å². The zero-order valence-corrected chi connectivity index (χ0v) is 25.1. The molecule has 1 aromatic carbocycles. The average Bonchev–Trinajstić information content (AvgIpc) is 3.71. The lowest BCUT2D eigenvalue weighted by atomic mass is 9.99. The molecular weight excluding hydrogens is 548 g/mol. The molecule has 0 radical (unpaired) electrons. The van der Waals surface area contributed by atoms with Crippen molar-refractivity contribution in [3.63, 3.8) is 0 Å². The summed E-state index contributed by atoms with van der Waals surface area (Å²) in [7, 11) is 3.51. The fourth-order valence-electron chi connectivity index (χ4n) is 6.42. The van der Waals surface area contributed by atoms with E-state index in [0.29, 0.717) is 23.5 Å². The predicted molar refractivity (Wildman–Crippen MR) is 166 cm³/mol. The zero-order valence-electron chi connectivity index (χ0n) is 24.3. The molecule has 3 aliphatic rings. The zero-order chi connectivity index (χ0) is 28.8. The van der Waals surface area contributed by atoms with E-state index in [0.717, 1.165) is 70.5 Å². The van der Waals surface area contributed by atoms with Gasteiger partial charge in [0.25, 0.3) is 5.91 Å². The van der Waals surface area contributed by atoms with Gasteiger partial charge >= 0.3 is 0 Å². The molecule has 6 heterocycles. The van der Waals surface area contributed by atoms with Crippen molar-refractivity contribution >= 4 is 45.0 Å². The SMILES string of the molecule is Cc1cc(Nc2cc3nc(-c4cccc(C(=O)N(C)C)c4)sc3cn2)nc(N2C[C@@H]3C[C@H]2CN3CC2CCOCC2)n1. The number of piperazine rings is 1. The second kappa shape index (κ2) is 11.2. The molecule has 10 nitrogen and oxygen atoms in total. The van der Waals surface area contributed by atoms with Crippen LogP contribution in [0.2, 0.25) is 0 Å². The summed E-state index contributed by atoms with van der Waals surface area (Å²) in [6, 6.07) is 12.5. The van der Waals surface area contributed by atoms with E-state index in [2.05, 4.69) is 20.1 Å². The molecule has 11 heteroatoms. The number of nitrogens with zero attached hydrogens (tertiary/aromatic N) is 7. The molecule has 0 saturated carbocycles. The molecule has 0 unspecified atom stereocenters. The standard InChI is InChI=1S/C31H36N8O2S/c1-19-11-28(36-31(33-19)39-18-23-13-24(39)17-38(23)16-20-7-9-41-10-8-20)35-27-14-25-26(15-32-27)42-29(34-25)21-5-4-6-22(12-21)30(40)37(2)3/h4-6,11-12,14-15,20,23-24H,7-10,13,16-18H2,1-3H3,(H,32,33,35,36)/t23-,24-/m0/s1. The molecule has 4 aromatic rings. The molecule has 1 N–H and O–H groups in total. The van der Waals surface area contributed by atoms with Crippen molar-refractivity contribution in [3.8, 4) is 10.6 Å². The summed E-state index contributed by atoms with van der Waals surface area (Å²) < 4.78 is 6.54. The number of hydrogen-bond donors (Lipinski definition) is 1. The first kappa shape index (κ1) is 27.2. The number of aromatic nitrogens is 4. The number of carbonyl (C=O) groups is 1. The van der Waals surface area contributed by atoms with Crippen LogP contribution in [0, 0.1) is 12.8 Å². The number of anilines is 3. The van der Waals surface area contributed by atoms with Crippen LogP contribution in [0.1, 0.15) is 35.3 Å². The minimum Gasteiger partial charge on any atom is -0.381 e. The van der Waals surface area contributed by atoms with Crippen molar-refractivity contribution < 1.29 is 9.53 Å². The van der Waals surface area contributed by atoms with Crippen LogP contribution in [0.25, 0.3) is 20.8 Å². The van der Waals surface area contributed by atoms with Gasteiger partial charge in [0.1, 0.15) is 16.6 Å². The summed E-state index contributed by atoms with van der Waals surface area (Å²) in [4.78, 5) is 38.3. The number of likely N-dealkylation sites (tertiary alicyclic amines) is 1. The minimum absolute atomic E-state index is 0.0281. The van der Waals surface area contributed by atoms with E-state index in [4.69, 9.17) is 19.7 Å². The maximum Gasteiger partial charge on any atom is 0.253 e. The van der Waals surface area contributed by atoms with Crippen molar-refractivity contribution in [2.24, 2.45) is 5.92 Å². The van der Waals surface area contributed by atoms with Crippen molar-refractivity contribution in [2.75, 3.05) is 57.2 Å². The lowest BCUT2D eigenvalue weighted by Crippen LogP contribution is -2.48. The third-order valence-electron chi connectivity index (χ3n) is 8.58. The molecule has 218 valence electrons. The molecule has 2 bridgehead atoms. The predicted octanol–water partition coefficient (Wildman–Crippen LogP) is 4.59. The Labute approximate surface area is 249 Å². The summed E-state index contributed by atoms with van der Waals surface area (Å²) in [5.74, 6) is 2.94. The number of fused-ring (bicyclic) bond motifs is 3. The molecule has 3 saturated heterocycles. The van der Waals surface area contributed by atoms with Crippen LogP contribution >= 0.6 is 11.3 Å². The number of pyridine rings is 1. The minimum atomic E-state index is -0.0281. The van der Waals surface area contributed by atoms with E-state index in [1.165, 1.54) is 25.8 Å². The average molecular weight is 585 g/mol. The van der Waals surface area contributed by atoms with Crippen LogP contribution in [0.3, 0.4) is 0 Å². The van der Waals surface area contributed by atoms with Crippen molar-refractivity contribution in [1.29, 1.82) is 0 Å². The number of thiazole rings is 1. The fourth-order valence-corrected chi connectivity index (χ4v) is 7.34. The van der Waals surface area contributed by atoms with E-state index in [9.17, 15) is 4.79 Å². The van der Waals surface area contributed by atoms with Gasteiger partial charge in [-0.3, -0.25) is 9.69 Å². The summed E-state index contributed by atoms with van der Waals surface area (Å²) in [6.45, 7) is 7.07. The lowest BCUT2D eigenvalue weighted by molar-refractivity contribution is 0.0497. The fraction of sp³-hybridized carbons (Fsp3) is 0.452. The van der Waals surface area contributed by atoms with Gasteiger partial charge in [0.05, 0.1) is 10.2 Å². The summed E-state index contributed by atoms with van der Waals surface area (Å²) >= 11 is 1.56. The van der Waals surface area contributed by atoms with E-state index >= 15 is 0 Å². The van der Waals surface area contributed by atoms with Gasteiger partial charge in [0.15, 0.2) is 0 Å². The summed E-state index contributed by atoms with van der Waals surface area (Å²) in [6.07, 6.45) is 5.39. The topological polar surface area (TPSA) is 99.6 Å². The van der Waals surface area contributed by atoms with Gasteiger partial charge in [-0.05, 0) is 44.2 Å². The summed E-state index contributed by atoms with van der Waals surface area (Å²) in [5, 5.41) is 4.25. The molecule has 3 aliphatic heterocycles. The number of nitrogens with one attached hydrogen (secondary N) is 1. The number of amides is 1. The van der Waals surface area contributed by atoms with Gasteiger partial charge in [-0.15, -0.1) is 11.3 Å². The monoisotopic (exact) mass is 584 g/mol. The molecule has 0 aliphatic carbocycles. The third kappa shape index (κ3) is 5.44. The van der Waals surface area contributed by atoms with Gasteiger partial charge in [-0.25, -0.2) is 15.0 Å². The quantitative estimate of drug-likeness (QED) is 0.334. The van der Waals surface area contributed by atoms with Crippen LogP contribution < -0.4 is 10.2 Å². The Bertz CT molecular complexity index is 1620. The van der Waals surface area contributed by atoms with Crippen molar-refractivity contribution in [1.82, 2.24) is 29.7 Å². The highest BCUT2D eigenvalue weighted by Gasteiger charge is 2.44. The van der Waals surface area contributed by atoms with Crippen LogP contribution in [-0.4, -0.2) is 94.7 Å². The first-order chi connectivity index (χ1) is 20.4. The Hall–Kier alpha value is -3.67. The summed E-state index contributed by atoms with van der Waals surface area (Å²) in [5.41, 5.74) is 3.34. The van der Waals surface area contributed by atoms with Crippen LogP contribution in [-0.2, 0) is 4.74 Å².